The van der Waals surface area contributed by atoms with Crippen molar-refractivity contribution in [1.82, 2.24) is 9.80 Å². The Labute approximate surface area is 154 Å². The number of aromatic hydroxyl groups is 1. The number of nitrogens with zero attached hydrogens (tertiary/aromatic N) is 2. The van der Waals surface area contributed by atoms with Gasteiger partial charge in [0.1, 0.15) is 11.4 Å². The third kappa shape index (κ3) is 4.48. The molecule has 0 bridgehead atoms. The molecule has 2 atom stereocenters. The topological polar surface area (TPSA) is 70.1 Å². The average molecular weight is 360 g/mol. The third-order valence-corrected chi connectivity index (χ3v) is 4.89. The zero-order valence-electron chi connectivity index (χ0n) is 15.8. The van der Waals surface area contributed by atoms with Gasteiger partial charge in [-0.15, -0.1) is 0 Å². The van der Waals surface area contributed by atoms with E-state index in [2.05, 4.69) is 0 Å². The summed E-state index contributed by atoms with van der Waals surface area (Å²) < 4.78 is 5.44. The van der Waals surface area contributed by atoms with Gasteiger partial charge in [-0.2, -0.15) is 0 Å². The normalized spacial score (nSPS) is 23.3. The minimum Gasteiger partial charge on any atom is -0.508 e. The summed E-state index contributed by atoms with van der Waals surface area (Å²) >= 11 is 0. The molecule has 1 N–H and O–H groups in total. The summed E-state index contributed by atoms with van der Waals surface area (Å²) in [5.74, 6) is 0.682. The van der Waals surface area contributed by atoms with Crippen LogP contribution >= 0.6 is 0 Å². The highest BCUT2D eigenvalue weighted by molar-refractivity contribution is 5.83. The van der Waals surface area contributed by atoms with Crippen LogP contribution in [0.25, 0.3) is 0 Å². The number of phenols is 1. The van der Waals surface area contributed by atoms with Crippen LogP contribution in [0.15, 0.2) is 24.3 Å². The van der Waals surface area contributed by atoms with Gasteiger partial charge in [0, 0.05) is 32.1 Å². The fourth-order valence-corrected chi connectivity index (χ4v) is 3.44. The highest BCUT2D eigenvalue weighted by atomic mass is 16.6. The molecule has 0 radical (unpaired) electrons. The van der Waals surface area contributed by atoms with Crippen LogP contribution in [0.2, 0.25) is 0 Å². The van der Waals surface area contributed by atoms with Gasteiger partial charge in [-0.3, -0.25) is 4.79 Å². The molecule has 1 saturated heterocycles. The minimum atomic E-state index is -0.510. The van der Waals surface area contributed by atoms with Crippen molar-refractivity contribution in [3.05, 3.63) is 29.8 Å². The summed E-state index contributed by atoms with van der Waals surface area (Å²) in [6.45, 7) is 7.93. The first-order chi connectivity index (χ1) is 12.2. The van der Waals surface area contributed by atoms with Gasteiger partial charge in [0.25, 0.3) is 0 Å². The minimum absolute atomic E-state index is 0.0209. The van der Waals surface area contributed by atoms with Crippen LogP contribution in [0.1, 0.15) is 45.1 Å². The molecule has 1 aliphatic carbocycles. The van der Waals surface area contributed by atoms with Gasteiger partial charge in [-0.1, -0.05) is 12.1 Å². The lowest BCUT2D eigenvalue weighted by atomic mass is 10.1. The quantitative estimate of drug-likeness (QED) is 0.880. The van der Waals surface area contributed by atoms with Gasteiger partial charge in [0.15, 0.2) is 0 Å². The standard InChI is InChI=1S/C20H28N2O4/c1-20(2,3)26-19(25)22-10-4-9-21(11-12-22)18(24)17-13-16(17)14-5-7-15(23)8-6-14/h5-8,16-17,23H,4,9-13H2,1-3H3. The fraction of sp³-hybridized carbons (Fsp3) is 0.600. The number of hydrogen-bond donors (Lipinski definition) is 1. The summed E-state index contributed by atoms with van der Waals surface area (Å²) in [7, 11) is 0. The lowest BCUT2D eigenvalue weighted by Gasteiger charge is -2.26. The molecule has 6 heteroatoms. The number of amides is 2. The van der Waals surface area contributed by atoms with Crippen LogP contribution in [0.4, 0.5) is 4.79 Å². The van der Waals surface area contributed by atoms with Crippen molar-refractivity contribution >= 4 is 12.0 Å². The second-order valence-corrected chi connectivity index (χ2v) is 8.19. The summed E-state index contributed by atoms with van der Waals surface area (Å²) in [6.07, 6.45) is 1.32. The number of hydrogen-bond acceptors (Lipinski definition) is 4. The largest absolute Gasteiger partial charge is 0.508 e. The van der Waals surface area contributed by atoms with E-state index in [0.29, 0.717) is 26.2 Å². The molecule has 2 aliphatic rings. The van der Waals surface area contributed by atoms with Crippen molar-refractivity contribution in [2.45, 2.75) is 45.1 Å². The summed E-state index contributed by atoms with van der Waals surface area (Å²) in [4.78, 5) is 28.6. The van der Waals surface area contributed by atoms with E-state index >= 15 is 0 Å². The SMILES string of the molecule is CC(C)(C)OC(=O)N1CCCN(C(=O)C2CC2c2ccc(O)cc2)CC1. The van der Waals surface area contributed by atoms with Crippen LogP contribution in [0.3, 0.4) is 0 Å². The zero-order valence-corrected chi connectivity index (χ0v) is 15.8. The molecule has 3 rings (SSSR count). The van der Waals surface area contributed by atoms with Gasteiger partial charge in [-0.25, -0.2) is 4.79 Å². The number of ether oxygens (including phenoxy) is 1. The van der Waals surface area contributed by atoms with Crippen LogP contribution < -0.4 is 0 Å². The molecule has 6 nitrogen and oxygen atoms in total. The van der Waals surface area contributed by atoms with Crippen molar-refractivity contribution in [3.63, 3.8) is 0 Å². The number of phenolic OH excluding ortho intramolecular Hbond substituents is 1. The molecule has 2 unspecified atom stereocenters. The Morgan fingerprint density at radius 3 is 2.31 bits per heavy atom. The molecule has 1 aromatic carbocycles. The molecule has 2 amide bonds. The van der Waals surface area contributed by atoms with Crippen molar-refractivity contribution in [2.24, 2.45) is 5.92 Å². The Bertz CT molecular complexity index is 665. The molecule has 1 aliphatic heterocycles. The van der Waals surface area contributed by atoms with Crippen LogP contribution in [0.5, 0.6) is 5.75 Å². The summed E-state index contributed by atoms with van der Waals surface area (Å²) in [5.41, 5.74) is 0.593. The highest BCUT2D eigenvalue weighted by Gasteiger charge is 2.45. The predicted molar refractivity (Wildman–Crippen MR) is 98.0 cm³/mol. The van der Waals surface area contributed by atoms with Gasteiger partial charge in [0.05, 0.1) is 0 Å². The molecule has 2 fully saturated rings. The number of carbonyl (C=O) groups is 2. The maximum Gasteiger partial charge on any atom is 0.410 e. The van der Waals surface area contributed by atoms with Gasteiger partial charge in [0.2, 0.25) is 5.91 Å². The van der Waals surface area contributed by atoms with Gasteiger partial charge in [-0.05, 0) is 57.2 Å². The predicted octanol–water partition coefficient (Wildman–Crippen LogP) is 2.97. The first-order valence-corrected chi connectivity index (χ1v) is 9.30. The second kappa shape index (κ2) is 7.17. The second-order valence-electron chi connectivity index (χ2n) is 8.19. The summed E-state index contributed by atoms with van der Waals surface area (Å²) in [5, 5.41) is 9.39. The van der Waals surface area contributed by atoms with Crippen LogP contribution in [-0.2, 0) is 9.53 Å². The lowest BCUT2D eigenvalue weighted by Crippen LogP contribution is -2.40. The Balaban J connectivity index is 1.54. The highest BCUT2D eigenvalue weighted by Crippen LogP contribution is 2.48. The monoisotopic (exact) mass is 360 g/mol. The molecule has 1 heterocycles. The van der Waals surface area contributed by atoms with Crippen molar-refractivity contribution in [1.29, 1.82) is 0 Å². The van der Waals surface area contributed by atoms with Crippen molar-refractivity contribution < 1.29 is 19.4 Å². The lowest BCUT2D eigenvalue weighted by molar-refractivity contribution is -0.132. The maximum atomic E-state index is 12.8. The fourth-order valence-electron chi connectivity index (χ4n) is 3.44. The maximum absolute atomic E-state index is 12.8. The first kappa shape index (κ1) is 18.5. The first-order valence-electron chi connectivity index (χ1n) is 9.30. The van der Waals surface area contributed by atoms with E-state index in [1.807, 2.05) is 37.8 Å². The zero-order chi connectivity index (χ0) is 18.9. The van der Waals surface area contributed by atoms with E-state index in [0.717, 1.165) is 18.4 Å². The van der Waals surface area contributed by atoms with Crippen molar-refractivity contribution in [3.8, 4) is 5.75 Å². The van der Waals surface area contributed by atoms with E-state index < -0.39 is 5.60 Å². The van der Waals surface area contributed by atoms with E-state index in [4.69, 9.17) is 4.74 Å². The molecule has 1 aromatic rings. The molecule has 142 valence electrons. The average Bonchev–Trinajstić information content (AvgIpc) is 3.37. The van der Waals surface area contributed by atoms with E-state index in [9.17, 15) is 14.7 Å². The van der Waals surface area contributed by atoms with E-state index in [1.165, 1.54) is 0 Å². The Morgan fingerprint density at radius 2 is 1.65 bits per heavy atom. The molecule has 1 saturated carbocycles. The Morgan fingerprint density at radius 1 is 1.04 bits per heavy atom. The van der Waals surface area contributed by atoms with Crippen LogP contribution in [0, 0.1) is 5.92 Å². The number of carbonyl (C=O) groups excluding carboxylic acids is 2. The molecule has 0 spiro atoms. The molecule has 26 heavy (non-hydrogen) atoms. The Hall–Kier alpha value is -2.24. The molecular formula is C20H28N2O4. The summed E-state index contributed by atoms with van der Waals surface area (Å²) in [6, 6.07) is 7.11. The van der Waals surface area contributed by atoms with Crippen molar-refractivity contribution in [2.75, 3.05) is 26.2 Å². The third-order valence-electron chi connectivity index (χ3n) is 4.89. The molecule has 0 aromatic heterocycles. The van der Waals surface area contributed by atoms with E-state index in [1.54, 1.807) is 17.0 Å². The smallest absolute Gasteiger partial charge is 0.410 e. The number of benzene rings is 1. The molecular weight excluding hydrogens is 332 g/mol. The van der Waals surface area contributed by atoms with Gasteiger partial charge >= 0.3 is 6.09 Å². The van der Waals surface area contributed by atoms with Crippen LogP contribution in [-0.4, -0.2) is 58.7 Å². The van der Waals surface area contributed by atoms with E-state index in [-0.39, 0.29) is 29.6 Å². The Kier molecular flexibility index (Phi) is 5.12. The van der Waals surface area contributed by atoms with Gasteiger partial charge < -0.3 is 19.6 Å². The number of rotatable bonds is 2.